The van der Waals surface area contributed by atoms with E-state index < -0.39 is 11.7 Å². The van der Waals surface area contributed by atoms with E-state index in [0.717, 1.165) is 17.5 Å². The largest absolute Gasteiger partial charge is 0.497 e. The fourth-order valence-electron chi connectivity index (χ4n) is 5.28. The summed E-state index contributed by atoms with van der Waals surface area (Å²) in [7, 11) is 1.61. The summed E-state index contributed by atoms with van der Waals surface area (Å²) in [5.41, 5.74) is 1.45. The van der Waals surface area contributed by atoms with Gasteiger partial charge in [0.15, 0.2) is 0 Å². The highest BCUT2D eigenvalue weighted by atomic mass is 35.5. The van der Waals surface area contributed by atoms with E-state index in [1.54, 1.807) is 27.9 Å². The summed E-state index contributed by atoms with van der Waals surface area (Å²) >= 11 is 12.9. The zero-order valence-electron chi connectivity index (χ0n) is 19.3. The molecule has 0 aromatic heterocycles. The van der Waals surface area contributed by atoms with E-state index in [2.05, 4.69) is 0 Å². The molecule has 0 spiro atoms. The molecule has 5 nitrogen and oxygen atoms in total. The number of benzene rings is 2. The van der Waals surface area contributed by atoms with E-state index in [0.29, 0.717) is 28.8 Å². The zero-order valence-corrected chi connectivity index (χ0v) is 20.8. The number of halogens is 2. The fourth-order valence-corrected chi connectivity index (χ4v) is 5.72. The first kappa shape index (κ1) is 23.9. The third kappa shape index (κ3) is 4.85. The van der Waals surface area contributed by atoms with Gasteiger partial charge in [-0.05, 0) is 86.8 Å². The van der Waals surface area contributed by atoms with Crippen LogP contribution in [-0.2, 0) is 9.53 Å². The maximum Gasteiger partial charge on any atom is 0.417 e. The second kappa shape index (κ2) is 9.19. The highest BCUT2D eigenvalue weighted by Crippen LogP contribution is 2.54. The van der Waals surface area contributed by atoms with Crippen LogP contribution in [-0.4, -0.2) is 36.2 Å². The summed E-state index contributed by atoms with van der Waals surface area (Å²) < 4.78 is 10.8. The number of carbonyl (C=O) groups is 2. The van der Waals surface area contributed by atoms with Crippen LogP contribution < -0.4 is 4.74 Å². The number of hydrogen-bond acceptors (Lipinski definition) is 4. The van der Waals surface area contributed by atoms with E-state index >= 15 is 0 Å². The standard InChI is InChI=1S/C26H29Cl2NO4/c1-26(2,3)33-25(31)29-14-21-20(24(29)30)12-11-19(18-10-9-17(32-4)13-22(18)28)23(21)15-5-7-16(27)8-6-15/h5-10,13,19-21,23H,11-12,14H2,1-4H3/t19-,20+,21+,23-/m0/s1. The van der Waals surface area contributed by atoms with Gasteiger partial charge in [0.25, 0.3) is 0 Å². The van der Waals surface area contributed by atoms with Crippen molar-refractivity contribution in [3.63, 3.8) is 0 Å². The molecule has 0 bridgehead atoms. The van der Waals surface area contributed by atoms with Crippen molar-refractivity contribution in [2.24, 2.45) is 11.8 Å². The minimum Gasteiger partial charge on any atom is -0.497 e. The molecule has 1 aliphatic heterocycles. The van der Waals surface area contributed by atoms with Crippen LogP contribution in [0.3, 0.4) is 0 Å². The van der Waals surface area contributed by atoms with Gasteiger partial charge in [-0.1, -0.05) is 41.4 Å². The summed E-state index contributed by atoms with van der Waals surface area (Å²) in [5, 5.41) is 1.30. The molecule has 1 aliphatic carbocycles. The molecule has 2 aromatic rings. The lowest BCUT2D eigenvalue weighted by atomic mass is 9.63. The molecule has 1 saturated carbocycles. The Kier molecular flexibility index (Phi) is 6.66. The van der Waals surface area contributed by atoms with Crippen molar-refractivity contribution in [3.8, 4) is 5.75 Å². The molecule has 0 unspecified atom stereocenters. The van der Waals surface area contributed by atoms with Crippen LogP contribution in [0.4, 0.5) is 4.79 Å². The van der Waals surface area contributed by atoms with E-state index in [-0.39, 0.29) is 29.6 Å². The second-order valence-electron chi connectivity index (χ2n) is 9.85. The van der Waals surface area contributed by atoms with E-state index in [1.807, 2.05) is 42.5 Å². The molecule has 33 heavy (non-hydrogen) atoms. The van der Waals surface area contributed by atoms with Crippen LogP contribution in [0.25, 0.3) is 0 Å². The van der Waals surface area contributed by atoms with E-state index in [4.69, 9.17) is 32.7 Å². The molecule has 1 heterocycles. The molecule has 4 atom stereocenters. The lowest BCUT2D eigenvalue weighted by molar-refractivity contribution is -0.131. The number of carbonyl (C=O) groups excluding carboxylic acids is 2. The average molecular weight is 490 g/mol. The van der Waals surface area contributed by atoms with Gasteiger partial charge >= 0.3 is 6.09 Å². The van der Waals surface area contributed by atoms with Crippen molar-refractivity contribution in [1.82, 2.24) is 4.90 Å². The van der Waals surface area contributed by atoms with Gasteiger partial charge in [0.2, 0.25) is 5.91 Å². The minimum atomic E-state index is -0.667. The first-order valence-electron chi connectivity index (χ1n) is 11.2. The Morgan fingerprint density at radius 3 is 2.30 bits per heavy atom. The fraction of sp³-hybridized carbons (Fsp3) is 0.462. The Labute approximate surface area is 205 Å². The molecule has 7 heteroatoms. The first-order valence-corrected chi connectivity index (χ1v) is 12.0. The maximum absolute atomic E-state index is 13.3. The Morgan fingerprint density at radius 1 is 1.03 bits per heavy atom. The minimum absolute atomic E-state index is 0.00305. The van der Waals surface area contributed by atoms with Gasteiger partial charge in [-0.15, -0.1) is 0 Å². The van der Waals surface area contributed by atoms with Crippen LogP contribution in [0, 0.1) is 11.8 Å². The number of fused-ring (bicyclic) bond motifs is 1. The molecule has 176 valence electrons. The number of methoxy groups -OCH3 is 1. The highest BCUT2D eigenvalue weighted by Gasteiger charge is 2.52. The normalized spacial score (nSPS) is 25.0. The second-order valence-corrected chi connectivity index (χ2v) is 10.7. The monoisotopic (exact) mass is 489 g/mol. The van der Waals surface area contributed by atoms with Crippen molar-refractivity contribution in [2.75, 3.05) is 13.7 Å². The quantitative estimate of drug-likeness (QED) is 0.482. The van der Waals surface area contributed by atoms with Crippen LogP contribution in [0.1, 0.15) is 56.6 Å². The van der Waals surface area contributed by atoms with Crippen LogP contribution in [0.5, 0.6) is 5.75 Å². The third-order valence-corrected chi connectivity index (χ3v) is 7.23. The Balaban J connectivity index is 1.72. The molecular formula is C26H29Cl2NO4. The molecule has 2 aromatic carbocycles. The molecule has 4 rings (SSSR count). The number of likely N-dealkylation sites (tertiary alicyclic amines) is 1. The number of hydrogen-bond donors (Lipinski definition) is 0. The SMILES string of the molecule is COc1ccc([C@@H]2CC[C@H]3C(=O)N(C(=O)OC(C)(C)C)C[C@H]3[C@H]2c2ccc(Cl)cc2)c(Cl)c1. The highest BCUT2D eigenvalue weighted by molar-refractivity contribution is 6.31. The van der Waals surface area contributed by atoms with Gasteiger partial charge in [-0.2, -0.15) is 0 Å². The van der Waals surface area contributed by atoms with Crippen LogP contribution in [0.15, 0.2) is 42.5 Å². The number of ether oxygens (including phenoxy) is 2. The van der Waals surface area contributed by atoms with Crippen molar-refractivity contribution < 1.29 is 19.1 Å². The van der Waals surface area contributed by atoms with Crippen molar-refractivity contribution in [1.29, 1.82) is 0 Å². The molecule has 1 saturated heterocycles. The molecule has 2 aliphatic rings. The summed E-state index contributed by atoms with van der Waals surface area (Å²) in [4.78, 5) is 27.4. The lowest BCUT2D eigenvalue weighted by Crippen LogP contribution is -2.38. The average Bonchev–Trinajstić information content (AvgIpc) is 3.09. The zero-order chi connectivity index (χ0) is 23.9. The maximum atomic E-state index is 13.3. The first-order chi connectivity index (χ1) is 15.6. The summed E-state index contributed by atoms with van der Waals surface area (Å²) in [5.74, 6) is 0.384. The number of nitrogens with zero attached hydrogens (tertiary/aromatic N) is 1. The molecule has 0 radical (unpaired) electrons. The van der Waals surface area contributed by atoms with Crippen molar-refractivity contribution >= 4 is 35.2 Å². The number of imide groups is 1. The summed E-state index contributed by atoms with van der Waals surface area (Å²) in [6.45, 7) is 5.74. The van der Waals surface area contributed by atoms with Gasteiger partial charge < -0.3 is 9.47 Å². The van der Waals surface area contributed by atoms with Gasteiger partial charge in [-0.25, -0.2) is 9.69 Å². The van der Waals surface area contributed by atoms with Crippen molar-refractivity contribution in [2.45, 2.75) is 51.0 Å². The van der Waals surface area contributed by atoms with Gasteiger partial charge in [0.1, 0.15) is 11.4 Å². The van der Waals surface area contributed by atoms with Gasteiger partial charge in [-0.3, -0.25) is 4.79 Å². The number of amides is 2. The van der Waals surface area contributed by atoms with E-state index in [9.17, 15) is 9.59 Å². The van der Waals surface area contributed by atoms with Crippen LogP contribution >= 0.6 is 23.2 Å². The van der Waals surface area contributed by atoms with E-state index in [1.165, 1.54) is 4.90 Å². The van der Waals surface area contributed by atoms with Crippen molar-refractivity contribution in [3.05, 3.63) is 63.6 Å². The molecule has 0 N–H and O–H groups in total. The Morgan fingerprint density at radius 2 is 1.70 bits per heavy atom. The van der Waals surface area contributed by atoms with Crippen LogP contribution in [0.2, 0.25) is 10.0 Å². The number of rotatable bonds is 3. The Bertz CT molecular complexity index is 1050. The predicted molar refractivity (Wildman–Crippen MR) is 129 cm³/mol. The molecule has 2 fully saturated rings. The van der Waals surface area contributed by atoms with Gasteiger partial charge in [0, 0.05) is 22.5 Å². The van der Waals surface area contributed by atoms with Gasteiger partial charge in [0.05, 0.1) is 7.11 Å². The summed E-state index contributed by atoms with van der Waals surface area (Å²) in [6.07, 6.45) is 0.907. The molecular weight excluding hydrogens is 461 g/mol. The predicted octanol–water partition coefficient (Wildman–Crippen LogP) is 6.67. The smallest absolute Gasteiger partial charge is 0.417 e. The molecule has 2 amide bonds. The summed E-state index contributed by atoms with van der Waals surface area (Å²) in [6, 6.07) is 13.5. The lowest BCUT2D eigenvalue weighted by Gasteiger charge is -2.39. The topological polar surface area (TPSA) is 55.8 Å². The Hall–Kier alpha value is -2.24. The third-order valence-electron chi connectivity index (χ3n) is 6.65.